The van der Waals surface area contributed by atoms with E-state index in [4.69, 9.17) is 28.9 Å². The quantitative estimate of drug-likeness (QED) is 0.511. The number of fused-ring (bicyclic) bond motifs is 1. The van der Waals surface area contributed by atoms with Crippen LogP contribution >= 0.6 is 34.5 Å². The largest absolute Gasteiger partial charge is 0.366 e. The van der Waals surface area contributed by atoms with E-state index in [9.17, 15) is 4.79 Å². The van der Waals surface area contributed by atoms with E-state index in [1.807, 2.05) is 24.3 Å². The first-order valence-corrected chi connectivity index (χ1v) is 11.0. The highest BCUT2D eigenvalue weighted by Crippen LogP contribution is 2.41. The summed E-state index contributed by atoms with van der Waals surface area (Å²) in [5.74, 6) is 0.363. The lowest BCUT2D eigenvalue weighted by molar-refractivity contribution is 0.100. The average Bonchev–Trinajstić information content (AvgIpc) is 3.11. The second-order valence-electron chi connectivity index (χ2n) is 7.31. The van der Waals surface area contributed by atoms with Crippen LogP contribution in [0.25, 0.3) is 10.2 Å². The molecule has 1 amide bonds. The molecule has 146 valence electrons. The number of rotatable bonds is 5. The molecule has 0 atom stereocenters. The van der Waals surface area contributed by atoms with Crippen LogP contribution in [0.1, 0.15) is 47.5 Å². The fraction of sp³-hybridized carbons (Fsp3) is 0.333. The summed E-state index contributed by atoms with van der Waals surface area (Å²) in [6.07, 6.45) is 4.23. The Morgan fingerprint density at radius 2 is 1.93 bits per heavy atom. The molecule has 1 aliphatic rings. The Hall–Kier alpha value is -1.82. The van der Waals surface area contributed by atoms with Gasteiger partial charge >= 0.3 is 0 Å². The second kappa shape index (κ2) is 8.27. The third kappa shape index (κ3) is 4.12. The van der Waals surface area contributed by atoms with Crippen molar-refractivity contribution in [3.8, 4) is 0 Å². The van der Waals surface area contributed by atoms with Gasteiger partial charge in [-0.25, -0.2) is 4.98 Å². The first kappa shape index (κ1) is 19.5. The van der Waals surface area contributed by atoms with E-state index in [0.717, 1.165) is 48.4 Å². The monoisotopic (exact) mass is 433 g/mol. The van der Waals surface area contributed by atoms with Crippen LogP contribution in [0.4, 0.5) is 5.13 Å². The molecule has 28 heavy (non-hydrogen) atoms. The van der Waals surface area contributed by atoms with Crippen molar-refractivity contribution in [1.82, 2.24) is 4.98 Å². The summed E-state index contributed by atoms with van der Waals surface area (Å²) in [5, 5.41) is 5.44. The number of primary amides is 1. The van der Waals surface area contributed by atoms with E-state index in [-0.39, 0.29) is 0 Å². The van der Waals surface area contributed by atoms with Gasteiger partial charge in [-0.3, -0.25) is 4.79 Å². The van der Waals surface area contributed by atoms with Crippen LogP contribution < -0.4 is 11.1 Å². The van der Waals surface area contributed by atoms with Crippen molar-refractivity contribution in [3.05, 3.63) is 57.6 Å². The number of nitrogens with two attached hydrogens (primary N) is 1. The Bertz CT molecular complexity index is 979. The first-order chi connectivity index (χ1) is 13.5. The zero-order chi connectivity index (χ0) is 19.7. The van der Waals surface area contributed by atoms with Crippen molar-refractivity contribution >= 4 is 55.8 Å². The number of halogens is 2. The van der Waals surface area contributed by atoms with Crippen LogP contribution in [-0.2, 0) is 0 Å². The summed E-state index contributed by atoms with van der Waals surface area (Å²) < 4.78 is 1.20. The number of thiazole rings is 1. The molecule has 0 aliphatic heterocycles. The van der Waals surface area contributed by atoms with Crippen molar-refractivity contribution in [2.75, 3.05) is 11.9 Å². The summed E-state index contributed by atoms with van der Waals surface area (Å²) >= 11 is 14.3. The summed E-state index contributed by atoms with van der Waals surface area (Å²) in [4.78, 5) is 16.3. The standard InChI is InChI=1S/C21H21Cl2N3OS/c22-14-9-15(19(23)16(10-14)20(24)27)13-7-5-12(6-8-13)11-25-21-26-17-3-1-2-4-18(17)28-21/h1-4,9-10,12-13H,5-8,11H2,(H2,24,27)(H,25,26). The molecular formula is C21H21Cl2N3OS. The number of aromatic nitrogens is 1. The maximum atomic E-state index is 11.6. The van der Waals surface area contributed by atoms with E-state index in [2.05, 4.69) is 16.4 Å². The van der Waals surface area contributed by atoms with Gasteiger partial charge in [-0.05, 0) is 67.3 Å². The van der Waals surface area contributed by atoms with E-state index in [1.54, 1.807) is 17.4 Å². The molecule has 7 heteroatoms. The van der Waals surface area contributed by atoms with Gasteiger partial charge in [-0.1, -0.05) is 46.7 Å². The van der Waals surface area contributed by atoms with Crippen molar-refractivity contribution in [2.24, 2.45) is 11.7 Å². The lowest BCUT2D eigenvalue weighted by Gasteiger charge is -2.29. The van der Waals surface area contributed by atoms with Gasteiger partial charge in [0.25, 0.3) is 0 Å². The van der Waals surface area contributed by atoms with Gasteiger partial charge < -0.3 is 11.1 Å². The van der Waals surface area contributed by atoms with Crippen LogP contribution in [0.2, 0.25) is 10.0 Å². The van der Waals surface area contributed by atoms with Crippen molar-refractivity contribution in [1.29, 1.82) is 0 Å². The van der Waals surface area contributed by atoms with Crippen molar-refractivity contribution < 1.29 is 4.79 Å². The average molecular weight is 434 g/mol. The van der Waals surface area contributed by atoms with Gasteiger partial charge in [0.2, 0.25) is 5.91 Å². The van der Waals surface area contributed by atoms with E-state index >= 15 is 0 Å². The van der Waals surface area contributed by atoms with Gasteiger partial charge in [0, 0.05) is 11.6 Å². The van der Waals surface area contributed by atoms with Crippen LogP contribution in [-0.4, -0.2) is 17.4 Å². The van der Waals surface area contributed by atoms with E-state index in [1.165, 1.54) is 4.70 Å². The number of carbonyl (C=O) groups is 1. The van der Waals surface area contributed by atoms with E-state index in [0.29, 0.717) is 27.4 Å². The summed E-state index contributed by atoms with van der Waals surface area (Å²) in [7, 11) is 0. The second-order valence-corrected chi connectivity index (χ2v) is 9.15. The maximum Gasteiger partial charge on any atom is 0.250 e. The Labute approximate surface area is 178 Å². The first-order valence-electron chi connectivity index (χ1n) is 9.39. The Morgan fingerprint density at radius 3 is 2.64 bits per heavy atom. The van der Waals surface area contributed by atoms with Gasteiger partial charge in [0.05, 0.1) is 20.8 Å². The molecule has 0 unspecified atom stereocenters. The third-order valence-electron chi connectivity index (χ3n) is 5.45. The number of nitrogens with zero attached hydrogens (tertiary/aromatic N) is 1. The Kier molecular flexibility index (Phi) is 5.76. The minimum Gasteiger partial charge on any atom is -0.366 e. The minimum atomic E-state index is -0.539. The fourth-order valence-electron chi connectivity index (χ4n) is 3.94. The predicted octanol–water partition coefficient (Wildman–Crippen LogP) is 6.09. The molecule has 4 nitrogen and oxygen atoms in total. The Morgan fingerprint density at radius 1 is 1.18 bits per heavy atom. The van der Waals surface area contributed by atoms with E-state index < -0.39 is 5.91 Å². The van der Waals surface area contributed by atoms with Crippen molar-refractivity contribution in [2.45, 2.75) is 31.6 Å². The molecule has 0 bridgehead atoms. The van der Waals surface area contributed by atoms with Gasteiger partial charge in [0.1, 0.15) is 0 Å². The highest BCUT2D eigenvalue weighted by Gasteiger charge is 2.26. The SMILES string of the molecule is NC(=O)c1cc(Cl)cc(C2CCC(CNc3nc4ccccc4s3)CC2)c1Cl. The third-order valence-corrected chi connectivity index (χ3v) is 7.09. The fourth-order valence-corrected chi connectivity index (χ4v) is 5.40. The molecule has 3 aromatic rings. The molecule has 0 spiro atoms. The van der Waals surface area contributed by atoms with Crippen LogP contribution in [0, 0.1) is 5.92 Å². The van der Waals surface area contributed by atoms with Gasteiger partial charge in [0.15, 0.2) is 5.13 Å². The molecule has 3 N–H and O–H groups in total. The zero-order valence-electron chi connectivity index (χ0n) is 15.3. The number of hydrogen-bond donors (Lipinski definition) is 2. The molecular weight excluding hydrogens is 413 g/mol. The van der Waals surface area contributed by atoms with Crippen LogP contribution in [0.15, 0.2) is 36.4 Å². The molecule has 1 aliphatic carbocycles. The van der Waals surface area contributed by atoms with Crippen molar-refractivity contribution in [3.63, 3.8) is 0 Å². The minimum absolute atomic E-state index is 0.308. The van der Waals surface area contributed by atoms with Crippen LogP contribution in [0.3, 0.4) is 0 Å². The number of benzene rings is 2. The lowest BCUT2D eigenvalue weighted by atomic mass is 9.78. The Balaban J connectivity index is 1.38. The maximum absolute atomic E-state index is 11.6. The van der Waals surface area contributed by atoms with Gasteiger partial charge in [-0.15, -0.1) is 0 Å². The van der Waals surface area contributed by atoms with Crippen LogP contribution in [0.5, 0.6) is 0 Å². The molecule has 0 saturated heterocycles. The normalized spacial score (nSPS) is 19.6. The number of nitrogens with one attached hydrogen (secondary N) is 1. The summed E-state index contributed by atoms with van der Waals surface area (Å²) in [6.45, 7) is 0.919. The molecule has 1 aromatic heterocycles. The molecule has 1 fully saturated rings. The highest BCUT2D eigenvalue weighted by atomic mass is 35.5. The number of carbonyl (C=O) groups excluding carboxylic acids is 1. The number of anilines is 1. The molecule has 0 radical (unpaired) electrons. The van der Waals surface area contributed by atoms with Gasteiger partial charge in [-0.2, -0.15) is 0 Å². The molecule has 2 aromatic carbocycles. The lowest BCUT2D eigenvalue weighted by Crippen LogP contribution is -2.21. The summed E-state index contributed by atoms with van der Waals surface area (Å²) in [5.41, 5.74) is 7.73. The predicted molar refractivity (Wildman–Crippen MR) is 118 cm³/mol. The topological polar surface area (TPSA) is 68.0 Å². The summed E-state index contributed by atoms with van der Waals surface area (Å²) in [6, 6.07) is 11.6. The smallest absolute Gasteiger partial charge is 0.250 e. The molecule has 1 heterocycles. The molecule has 1 saturated carbocycles. The number of hydrogen-bond acceptors (Lipinski definition) is 4. The number of para-hydroxylation sites is 1. The zero-order valence-corrected chi connectivity index (χ0v) is 17.6. The number of amides is 1. The molecule has 4 rings (SSSR count). The highest BCUT2D eigenvalue weighted by molar-refractivity contribution is 7.22.